The van der Waals surface area contributed by atoms with Crippen LogP contribution in [0.1, 0.15) is 38.5 Å². The molecular formula is C12H23NO3. The quantitative estimate of drug-likeness (QED) is 0.756. The van der Waals surface area contributed by atoms with Crippen LogP contribution >= 0.6 is 0 Å². The molecule has 94 valence electrons. The van der Waals surface area contributed by atoms with E-state index in [2.05, 4.69) is 5.32 Å². The second-order valence-electron chi connectivity index (χ2n) is 4.98. The van der Waals surface area contributed by atoms with E-state index in [1.807, 2.05) is 0 Å². The molecule has 0 aromatic heterocycles. The molecule has 1 aliphatic carbocycles. The lowest BCUT2D eigenvalue weighted by Crippen LogP contribution is -2.53. The summed E-state index contributed by atoms with van der Waals surface area (Å²) in [6.07, 6.45) is 7.13. The number of aliphatic hydroxyl groups is 1. The van der Waals surface area contributed by atoms with E-state index in [0.717, 1.165) is 32.4 Å². The molecule has 0 radical (unpaired) electrons. The van der Waals surface area contributed by atoms with Crippen molar-refractivity contribution in [1.82, 2.24) is 5.32 Å². The van der Waals surface area contributed by atoms with E-state index < -0.39 is 0 Å². The molecule has 2 N–H and O–H groups in total. The van der Waals surface area contributed by atoms with Crippen LogP contribution in [0.3, 0.4) is 0 Å². The minimum Gasteiger partial charge on any atom is -0.394 e. The van der Waals surface area contributed by atoms with Crippen molar-refractivity contribution in [3.63, 3.8) is 0 Å². The summed E-state index contributed by atoms with van der Waals surface area (Å²) >= 11 is 0. The number of aliphatic hydroxyl groups excluding tert-OH is 1. The fraction of sp³-hybridized carbons (Fsp3) is 1.00. The highest BCUT2D eigenvalue weighted by Crippen LogP contribution is 2.27. The molecule has 1 aliphatic heterocycles. The van der Waals surface area contributed by atoms with E-state index >= 15 is 0 Å². The van der Waals surface area contributed by atoms with Crippen molar-refractivity contribution in [2.24, 2.45) is 0 Å². The maximum absolute atomic E-state index is 9.54. The maximum Gasteiger partial charge on any atom is 0.147 e. The minimum atomic E-state index is -0.0418. The van der Waals surface area contributed by atoms with E-state index in [0.29, 0.717) is 6.79 Å². The smallest absolute Gasteiger partial charge is 0.147 e. The average molecular weight is 229 g/mol. The van der Waals surface area contributed by atoms with Gasteiger partial charge in [0.1, 0.15) is 6.79 Å². The maximum atomic E-state index is 9.54. The molecule has 0 aromatic rings. The number of hydrogen-bond donors (Lipinski definition) is 2. The predicted molar refractivity (Wildman–Crippen MR) is 61.2 cm³/mol. The Morgan fingerprint density at radius 1 is 1.25 bits per heavy atom. The zero-order chi connectivity index (χ0) is 11.3. The molecule has 2 aliphatic rings. The van der Waals surface area contributed by atoms with E-state index in [1.165, 1.54) is 19.3 Å². The summed E-state index contributed by atoms with van der Waals surface area (Å²) in [5, 5.41) is 13.1. The van der Waals surface area contributed by atoms with Crippen LogP contribution < -0.4 is 5.32 Å². The van der Waals surface area contributed by atoms with Crippen molar-refractivity contribution in [1.29, 1.82) is 0 Å². The van der Waals surface area contributed by atoms with Crippen molar-refractivity contribution in [3.8, 4) is 0 Å². The summed E-state index contributed by atoms with van der Waals surface area (Å²) in [5.74, 6) is 0. The topological polar surface area (TPSA) is 50.7 Å². The summed E-state index contributed by atoms with van der Waals surface area (Å²) in [6.45, 7) is 2.29. The van der Waals surface area contributed by atoms with Crippen LogP contribution in [0.2, 0.25) is 0 Å². The van der Waals surface area contributed by atoms with Gasteiger partial charge >= 0.3 is 0 Å². The lowest BCUT2D eigenvalue weighted by Gasteiger charge is -2.38. The first-order valence-electron chi connectivity index (χ1n) is 6.40. The lowest BCUT2D eigenvalue weighted by atomic mass is 9.82. The summed E-state index contributed by atoms with van der Waals surface area (Å²) < 4.78 is 10.6. The van der Waals surface area contributed by atoms with Crippen LogP contribution in [0.15, 0.2) is 0 Å². The van der Waals surface area contributed by atoms with E-state index in [4.69, 9.17) is 9.47 Å². The van der Waals surface area contributed by atoms with E-state index in [1.54, 1.807) is 0 Å². The van der Waals surface area contributed by atoms with Crippen LogP contribution in [-0.4, -0.2) is 43.3 Å². The summed E-state index contributed by atoms with van der Waals surface area (Å²) in [6, 6.07) is 0. The second-order valence-corrected chi connectivity index (χ2v) is 4.98. The van der Waals surface area contributed by atoms with Gasteiger partial charge in [-0.25, -0.2) is 0 Å². The van der Waals surface area contributed by atoms with Crippen molar-refractivity contribution in [2.45, 2.75) is 50.2 Å². The monoisotopic (exact) mass is 229 g/mol. The molecule has 0 bridgehead atoms. The Kier molecular flexibility index (Phi) is 4.58. The number of ether oxygens (including phenoxy) is 2. The molecule has 1 unspecified atom stereocenters. The van der Waals surface area contributed by atoms with Crippen LogP contribution in [0, 0.1) is 0 Å². The lowest BCUT2D eigenvalue weighted by molar-refractivity contribution is -0.139. The standard InChI is InChI=1S/C12H23NO3/c14-9-12(5-2-1-3-6-12)13-8-11-4-7-15-10-16-11/h11,13-14H,1-10H2. The molecule has 2 fully saturated rings. The molecule has 0 amide bonds. The molecular weight excluding hydrogens is 206 g/mol. The third-order valence-electron chi connectivity index (χ3n) is 3.79. The summed E-state index contributed by atoms with van der Waals surface area (Å²) in [7, 11) is 0. The van der Waals surface area contributed by atoms with Crippen molar-refractivity contribution < 1.29 is 14.6 Å². The fourth-order valence-corrected chi connectivity index (χ4v) is 2.61. The first-order chi connectivity index (χ1) is 7.85. The SMILES string of the molecule is OCC1(NCC2CCOCO2)CCCCC1. The molecule has 0 spiro atoms. The third-order valence-corrected chi connectivity index (χ3v) is 3.79. The largest absolute Gasteiger partial charge is 0.394 e. The Hall–Kier alpha value is -0.160. The van der Waals surface area contributed by atoms with Gasteiger partial charge in [-0.15, -0.1) is 0 Å². The summed E-state index contributed by atoms with van der Waals surface area (Å²) in [4.78, 5) is 0. The van der Waals surface area contributed by atoms with Gasteiger partial charge < -0.3 is 19.9 Å². The first kappa shape index (κ1) is 12.3. The first-order valence-corrected chi connectivity index (χ1v) is 6.40. The van der Waals surface area contributed by atoms with Gasteiger partial charge in [0, 0.05) is 12.1 Å². The number of hydrogen-bond acceptors (Lipinski definition) is 4. The van der Waals surface area contributed by atoms with Crippen molar-refractivity contribution in [3.05, 3.63) is 0 Å². The summed E-state index contributed by atoms with van der Waals surface area (Å²) in [5.41, 5.74) is -0.0418. The Balaban J connectivity index is 1.77. The van der Waals surface area contributed by atoms with Crippen LogP contribution in [0.4, 0.5) is 0 Å². The van der Waals surface area contributed by atoms with Gasteiger partial charge in [-0.05, 0) is 19.3 Å². The molecule has 1 saturated carbocycles. The van der Waals surface area contributed by atoms with Gasteiger partial charge in [0.25, 0.3) is 0 Å². The molecule has 4 heteroatoms. The van der Waals surface area contributed by atoms with Crippen LogP contribution in [0.5, 0.6) is 0 Å². The zero-order valence-electron chi connectivity index (χ0n) is 9.91. The average Bonchev–Trinajstić information content (AvgIpc) is 2.39. The fourth-order valence-electron chi connectivity index (χ4n) is 2.61. The van der Waals surface area contributed by atoms with Crippen LogP contribution in [-0.2, 0) is 9.47 Å². The van der Waals surface area contributed by atoms with Gasteiger partial charge in [0.15, 0.2) is 0 Å². The molecule has 1 atom stereocenters. The molecule has 0 aromatic carbocycles. The molecule has 1 heterocycles. The van der Waals surface area contributed by atoms with E-state index in [-0.39, 0.29) is 18.2 Å². The van der Waals surface area contributed by atoms with Gasteiger partial charge in [-0.2, -0.15) is 0 Å². The zero-order valence-corrected chi connectivity index (χ0v) is 9.91. The van der Waals surface area contributed by atoms with Crippen LogP contribution in [0.25, 0.3) is 0 Å². The highest BCUT2D eigenvalue weighted by molar-refractivity contribution is 4.91. The molecule has 2 rings (SSSR count). The Morgan fingerprint density at radius 2 is 2.06 bits per heavy atom. The van der Waals surface area contributed by atoms with Gasteiger partial charge in [0.2, 0.25) is 0 Å². The van der Waals surface area contributed by atoms with Gasteiger partial charge in [-0.1, -0.05) is 19.3 Å². The second kappa shape index (κ2) is 5.96. The van der Waals surface area contributed by atoms with E-state index in [9.17, 15) is 5.11 Å². The predicted octanol–water partition coefficient (Wildman–Crippen LogP) is 1.03. The van der Waals surface area contributed by atoms with Crippen molar-refractivity contribution in [2.75, 3.05) is 26.6 Å². The molecule has 4 nitrogen and oxygen atoms in total. The third kappa shape index (κ3) is 3.17. The highest BCUT2D eigenvalue weighted by atomic mass is 16.7. The number of nitrogens with one attached hydrogen (secondary N) is 1. The minimum absolute atomic E-state index is 0.0418. The van der Waals surface area contributed by atoms with Crippen molar-refractivity contribution >= 4 is 0 Å². The molecule has 1 saturated heterocycles. The Morgan fingerprint density at radius 3 is 2.69 bits per heavy atom. The Bertz CT molecular complexity index is 198. The van der Waals surface area contributed by atoms with Gasteiger partial charge in [-0.3, -0.25) is 0 Å². The number of rotatable bonds is 4. The molecule has 16 heavy (non-hydrogen) atoms. The van der Waals surface area contributed by atoms with Gasteiger partial charge in [0.05, 0.1) is 19.3 Å². The normalized spacial score (nSPS) is 30.2. The highest BCUT2D eigenvalue weighted by Gasteiger charge is 2.31. The Labute approximate surface area is 97.3 Å².